The van der Waals surface area contributed by atoms with Gasteiger partial charge in [0.05, 0.1) is 5.25 Å². The molecule has 2 unspecified atom stereocenters. The summed E-state index contributed by atoms with van der Waals surface area (Å²) < 4.78 is 0. The first-order valence-corrected chi connectivity index (χ1v) is 8.90. The van der Waals surface area contributed by atoms with Gasteiger partial charge in [0.1, 0.15) is 5.82 Å². The van der Waals surface area contributed by atoms with E-state index in [1.807, 2.05) is 32.0 Å². The minimum atomic E-state index is -0.263. The van der Waals surface area contributed by atoms with Gasteiger partial charge in [-0.05, 0) is 30.9 Å². The topological polar surface area (TPSA) is 70.7 Å². The first-order valence-electron chi connectivity index (χ1n) is 8.02. The number of thioether (sulfide) groups is 1. The average molecular weight is 332 g/mol. The minimum absolute atomic E-state index is 0.0337. The third kappa shape index (κ3) is 4.58. The van der Waals surface area contributed by atoms with Crippen LogP contribution in [0.5, 0.6) is 0 Å². The molecule has 23 heavy (non-hydrogen) atoms. The highest BCUT2D eigenvalue weighted by Crippen LogP contribution is 2.27. The Kier molecular flexibility index (Phi) is 6.21. The quantitative estimate of drug-likeness (QED) is 0.752. The van der Waals surface area contributed by atoms with E-state index in [-0.39, 0.29) is 11.2 Å². The van der Waals surface area contributed by atoms with Crippen molar-refractivity contribution in [2.24, 2.45) is 0 Å². The van der Waals surface area contributed by atoms with Crippen LogP contribution in [-0.2, 0) is 11.2 Å². The number of hydrogen-bond donors (Lipinski definition) is 2. The molecule has 0 aliphatic heterocycles. The zero-order valence-corrected chi connectivity index (χ0v) is 14.9. The van der Waals surface area contributed by atoms with Crippen molar-refractivity contribution in [2.45, 2.75) is 56.9 Å². The fourth-order valence-corrected chi connectivity index (χ4v) is 2.94. The Balaban J connectivity index is 2.03. The van der Waals surface area contributed by atoms with E-state index in [1.165, 1.54) is 17.3 Å². The molecule has 0 saturated heterocycles. The minimum Gasteiger partial charge on any atom is -0.325 e. The van der Waals surface area contributed by atoms with Gasteiger partial charge in [-0.25, -0.2) is 4.98 Å². The van der Waals surface area contributed by atoms with Crippen molar-refractivity contribution in [2.75, 3.05) is 5.32 Å². The van der Waals surface area contributed by atoms with Crippen LogP contribution in [0.2, 0.25) is 0 Å². The van der Waals surface area contributed by atoms with Crippen molar-refractivity contribution in [1.82, 2.24) is 15.2 Å². The van der Waals surface area contributed by atoms with Gasteiger partial charge in [0.15, 0.2) is 0 Å². The Morgan fingerprint density at radius 1 is 1.30 bits per heavy atom. The van der Waals surface area contributed by atoms with Crippen LogP contribution in [0.25, 0.3) is 0 Å². The predicted octanol–water partition coefficient (Wildman–Crippen LogP) is 4.00. The molecular weight excluding hydrogens is 308 g/mol. The highest BCUT2D eigenvalue weighted by Gasteiger charge is 2.19. The summed E-state index contributed by atoms with van der Waals surface area (Å²) in [4.78, 5) is 16.8. The number of para-hydroxylation sites is 1. The lowest BCUT2D eigenvalue weighted by atomic mass is 9.97. The fraction of sp³-hybridized carbons (Fsp3) is 0.471. The second-order valence-corrected chi connectivity index (χ2v) is 6.87. The molecule has 0 fully saturated rings. The number of aromatic nitrogens is 3. The number of aryl methyl sites for hydroxylation is 1. The van der Waals surface area contributed by atoms with E-state index in [4.69, 9.17) is 0 Å². The molecule has 2 rings (SSSR count). The van der Waals surface area contributed by atoms with Gasteiger partial charge in [0, 0.05) is 12.1 Å². The van der Waals surface area contributed by atoms with Crippen LogP contribution in [-0.4, -0.2) is 26.3 Å². The van der Waals surface area contributed by atoms with Crippen LogP contribution in [0.1, 0.15) is 51.4 Å². The van der Waals surface area contributed by atoms with Gasteiger partial charge in [-0.2, -0.15) is 0 Å². The number of H-pyrrole nitrogens is 1. The van der Waals surface area contributed by atoms with E-state index in [2.05, 4.69) is 40.4 Å². The van der Waals surface area contributed by atoms with Crippen LogP contribution >= 0.6 is 11.8 Å². The Labute approximate surface area is 141 Å². The van der Waals surface area contributed by atoms with Gasteiger partial charge in [-0.15, -0.1) is 5.10 Å². The van der Waals surface area contributed by atoms with Crippen molar-refractivity contribution >= 4 is 23.4 Å². The van der Waals surface area contributed by atoms with E-state index >= 15 is 0 Å². The molecule has 124 valence electrons. The maximum absolute atomic E-state index is 12.5. The lowest BCUT2D eigenvalue weighted by Gasteiger charge is -2.17. The van der Waals surface area contributed by atoms with Gasteiger partial charge in [-0.3, -0.25) is 9.89 Å². The average Bonchev–Trinajstić information content (AvgIpc) is 3.02. The molecule has 2 atom stereocenters. The molecule has 0 spiro atoms. The first kappa shape index (κ1) is 17.5. The third-order valence-electron chi connectivity index (χ3n) is 3.86. The second-order valence-electron chi connectivity index (χ2n) is 5.56. The summed E-state index contributed by atoms with van der Waals surface area (Å²) in [6, 6.07) is 7.99. The van der Waals surface area contributed by atoms with Crippen molar-refractivity contribution in [3.05, 3.63) is 35.7 Å². The van der Waals surface area contributed by atoms with E-state index in [1.54, 1.807) is 0 Å². The lowest BCUT2D eigenvalue weighted by Crippen LogP contribution is -2.23. The summed E-state index contributed by atoms with van der Waals surface area (Å²) in [5, 5.41) is 10.4. The molecule has 1 heterocycles. The standard InChI is InChI=1S/C17H24N4OS/c1-5-11(3)13-9-7-8-10-14(13)18-16(22)12(4)23-17-19-15(6-2)20-21-17/h7-12H,5-6H2,1-4H3,(H,18,22)(H,19,20,21). The van der Waals surface area contributed by atoms with Gasteiger partial charge in [0.25, 0.3) is 0 Å². The summed E-state index contributed by atoms with van der Waals surface area (Å²) >= 11 is 1.36. The monoisotopic (exact) mass is 332 g/mol. The van der Waals surface area contributed by atoms with Crippen molar-refractivity contribution in [3.63, 3.8) is 0 Å². The third-order valence-corrected chi connectivity index (χ3v) is 4.82. The van der Waals surface area contributed by atoms with E-state index in [9.17, 15) is 4.79 Å². The zero-order valence-electron chi connectivity index (χ0n) is 14.1. The second kappa shape index (κ2) is 8.15. The number of nitrogens with zero attached hydrogens (tertiary/aromatic N) is 2. The molecule has 2 N–H and O–H groups in total. The molecule has 0 radical (unpaired) electrons. The molecule has 1 aromatic heterocycles. The summed E-state index contributed by atoms with van der Waals surface area (Å²) in [6.45, 7) is 8.20. The number of rotatable bonds is 7. The molecule has 6 heteroatoms. The fourth-order valence-electron chi connectivity index (χ4n) is 2.20. The number of hydrogen-bond acceptors (Lipinski definition) is 4. The number of carbonyl (C=O) groups is 1. The SMILES string of the molecule is CCc1nc(SC(C)C(=O)Nc2ccccc2C(C)CC)n[nH]1. The van der Waals surface area contributed by atoms with Gasteiger partial charge in [0.2, 0.25) is 11.1 Å². The largest absolute Gasteiger partial charge is 0.325 e. The summed E-state index contributed by atoms with van der Waals surface area (Å²) in [7, 11) is 0. The molecular formula is C17H24N4OS. The van der Waals surface area contributed by atoms with E-state index in [0.717, 1.165) is 24.4 Å². The maximum atomic E-state index is 12.5. The molecule has 0 aliphatic rings. The van der Waals surface area contributed by atoms with Crippen molar-refractivity contribution < 1.29 is 4.79 Å². The number of amides is 1. The Bertz CT molecular complexity index is 656. The van der Waals surface area contributed by atoms with Crippen LogP contribution in [0.3, 0.4) is 0 Å². The first-order chi connectivity index (χ1) is 11.0. The summed E-state index contributed by atoms with van der Waals surface area (Å²) in [5.41, 5.74) is 2.07. The number of aromatic amines is 1. The molecule has 0 bridgehead atoms. The molecule has 2 aromatic rings. The summed E-state index contributed by atoms with van der Waals surface area (Å²) in [5.74, 6) is 1.21. The predicted molar refractivity (Wildman–Crippen MR) is 94.9 cm³/mol. The van der Waals surface area contributed by atoms with Crippen LogP contribution in [0, 0.1) is 0 Å². The number of carbonyl (C=O) groups excluding carboxylic acids is 1. The zero-order chi connectivity index (χ0) is 16.8. The molecule has 1 aromatic carbocycles. The van der Waals surface area contributed by atoms with Crippen molar-refractivity contribution in [1.29, 1.82) is 0 Å². The number of nitrogens with one attached hydrogen (secondary N) is 2. The highest BCUT2D eigenvalue weighted by atomic mass is 32.2. The van der Waals surface area contributed by atoms with Gasteiger partial charge < -0.3 is 5.32 Å². The highest BCUT2D eigenvalue weighted by molar-refractivity contribution is 8.00. The molecule has 5 nitrogen and oxygen atoms in total. The molecule has 0 saturated carbocycles. The summed E-state index contributed by atoms with van der Waals surface area (Å²) in [6.07, 6.45) is 1.84. The van der Waals surface area contributed by atoms with Crippen LogP contribution < -0.4 is 5.32 Å². The maximum Gasteiger partial charge on any atom is 0.237 e. The van der Waals surface area contributed by atoms with E-state index in [0.29, 0.717) is 11.1 Å². The van der Waals surface area contributed by atoms with Crippen molar-refractivity contribution in [3.8, 4) is 0 Å². The molecule has 1 amide bonds. The van der Waals surface area contributed by atoms with Crippen LogP contribution in [0.4, 0.5) is 5.69 Å². The lowest BCUT2D eigenvalue weighted by molar-refractivity contribution is -0.115. The van der Waals surface area contributed by atoms with E-state index < -0.39 is 0 Å². The Morgan fingerprint density at radius 2 is 2.04 bits per heavy atom. The van der Waals surface area contributed by atoms with Gasteiger partial charge in [-0.1, -0.05) is 50.7 Å². The smallest absolute Gasteiger partial charge is 0.237 e. The number of anilines is 1. The normalized spacial score (nSPS) is 13.6. The molecule has 0 aliphatic carbocycles. The number of benzene rings is 1. The Morgan fingerprint density at radius 3 is 2.70 bits per heavy atom. The van der Waals surface area contributed by atoms with Crippen LogP contribution in [0.15, 0.2) is 29.4 Å². The van der Waals surface area contributed by atoms with Gasteiger partial charge >= 0.3 is 0 Å². The Hall–Kier alpha value is -1.82.